The first-order valence-electron chi connectivity index (χ1n) is 14.4. The summed E-state index contributed by atoms with van der Waals surface area (Å²) in [4.78, 5) is 14.8. The molecule has 4 aromatic carbocycles. The summed E-state index contributed by atoms with van der Waals surface area (Å²) in [6.07, 6.45) is 0.576. The summed E-state index contributed by atoms with van der Waals surface area (Å²) >= 11 is 0. The quantitative estimate of drug-likeness (QED) is 0.157. The van der Waals surface area contributed by atoms with Gasteiger partial charge in [-0.25, -0.2) is 4.79 Å². The van der Waals surface area contributed by atoms with E-state index in [4.69, 9.17) is 4.74 Å². The number of phenolic OH excluding ortho intramolecular Hbond substituents is 2. The van der Waals surface area contributed by atoms with Crippen LogP contribution in [0.15, 0.2) is 84.9 Å². The Labute approximate surface area is 253 Å². The van der Waals surface area contributed by atoms with E-state index in [0.29, 0.717) is 56.6 Å². The van der Waals surface area contributed by atoms with E-state index in [1.807, 2.05) is 66.7 Å². The van der Waals surface area contributed by atoms with Gasteiger partial charge in [0.15, 0.2) is 0 Å². The maximum absolute atomic E-state index is 12.0. The van der Waals surface area contributed by atoms with Crippen LogP contribution in [0.3, 0.4) is 0 Å². The molecular formula is C34H32N6O4. The van der Waals surface area contributed by atoms with Gasteiger partial charge in [-0.2, -0.15) is 0 Å². The minimum atomic E-state index is -0.466. The summed E-state index contributed by atoms with van der Waals surface area (Å²) in [6.45, 7) is 9.50. The van der Waals surface area contributed by atoms with E-state index in [1.54, 1.807) is 13.0 Å². The summed E-state index contributed by atoms with van der Waals surface area (Å²) in [5.74, 6) is -0.324. The molecule has 0 radical (unpaired) electrons. The van der Waals surface area contributed by atoms with E-state index in [1.165, 1.54) is 9.59 Å². The molecule has 0 saturated carbocycles. The van der Waals surface area contributed by atoms with Crippen LogP contribution < -0.4 is 0 Å². The number of nitrogens with zero attached hydrogens (tertiary/aromatic N) is 6. The first kappa shape index (κ1) is 28.6. The Morgan fingerprint density at radius 3 is 1.75 bits per heavy atom. The lowest BCUT2D eigenvalue weighted by molar-refractivity contribution is -0.138. The van der Waals surface area contributed by atoms with Gasteiger partial charge in [-0.1, -0.05) is 56.8 Å². The van der Waals surface area contributed by atoms with Crippen LogP contribution in [0.1, 0.15) is 48.9 Å². The second-order valence-electron chi connectivity index (χ2n) is 11.1. The molecular weight excluding hydrogens is 556 g/mol. The van der Waals surface area contributed by atoms with Gasteiger partial charge in [-0.3, -0.25) is 0 Å². The number of ether oxygens (including phenoxy) is 1. The molecule has 0 atom stereocenters. The highest BCUT2D eigenvalue weighted by Gasteiger charge is 2.20. The Hall–Kier alpha value is -5.51. The van der Waals surface area contributed by atoms with Crippen LogP contribution in [-0.2, 0) is 22.4 Å². The fourth-order valence-corrected chi connectivity index (χ4v) is 5.02. The van der Waals surface area contributed by atoms with Crippen molar-refractivity contribution < 1.29 is 19.7 Å². The van der Waals surface area contributed by atoms with Crippen LogP contribution in [-0.4, -0.2) is 52.8 Å². The Balaban J connectivity index is 1.44. The van der Waals surface area contributed by atoms with Gasteiger partial charge in [0.05, 0.1) is 6.61 Å². The average Bonchev–Trinajstić information content (AvgIpc) is 3.63. The van der Waals surface area contributed by atoms with Crippen molar-refractivity contribution in [2.45, 2.75) is 39.5 Å². The van der Waals surface area contributed by atoms with Crippen LogP contribution in [0.4, 0.5) is 0 Å². The average molecular weight is 589 g/mol. The summed E-state index contributed by atoms with van der Waals surface area (Å²) in [5, 5.41) is 41.5. The van der Waals surface area contributed by atoms with Crippen LogP contribution >= 0.6 is 0 Å². The molecule has 0 fully saturated rings. The highest BCUT2D eigenvalue weighted by Crippen LogP contribution is 2.36. The van der Waals surface area contributed by atoms with Crippen molar-refractivity contribution in [1.29, 1.82) is 0 Å². The number of esters is 1. The number of aromatic nitrogens is 6. The van der Waals surface area contributed by atoms with Crippen LogP contribution in [0, 0.1) is 0 Å². The fraction of sp³-hybridized carbons (Fsp3) is 0.206. The molecule has 10 nitrogen and oxygen atoms in total. The number of hydrogen-bond acceptors (Lipinski definition) is 8. The minimum absolute atomic E-state index is 0.0133. The van der Waals surface area contributed by atoms with Crippen LogP contribution in [0.25, 0.3) is 33.4 Å². The molecule has 0 bridgehead atoms. The molecule has 10 heteroatoms. The van der Waals surface area contributed by atoms with Crippen molar-refractivity contribution in [3.05, 3.63) is 107 Å². The molecule has 0 unspecified atom stereocenters. The van der Waals surface area contributed by atoms with E-state index in [-0.39, 0.29) is 30.4 Å². The predicted octanol–water partition coefficient (Wildman–Crippen LogP) is 5.94. The van der Waals surface area contributed by atoms with Crippen molar-refractivity contribution in [2.75, 3.05) is 6.61 Å². The molecule has 2 heterocycles. The third-order valence-electron chi connectivity index (χ3n) is 7.44. The van der Waals surface area contributed by atoms with Gasteiger partial charge in [0.2, 0.25) is 0 Å². The number of hydrogen-bond donors (Lipinski definition) is 2. The topological polar surface area (TPSA) is 128 Å². The SMILES string of the molecule is C=C(C)C(=O)OCCc1cc(Cc2cc(C(C)C)cc(-n3nc4ccccc4n3)c2O)c(O)c(-n2nc3ccccc3n2)c1. The van der Waals surface area contributed by atoms with Gasteiger partial charge in [0, 0.05) is 29.5 Å². The maximum atomic E-state index is 12.0. The molecule has 0 saturated heterocycles. The Kier molecular flexibility index (Phi) is 7.57. The highest BCUT2D eigenvalue weighted by atomic mass is 16.5. The first-order chi connectivity index (χ1) is 21.2. The number of benzene rings is 4. The molecule has 44 heavy (non-hydrogen) atoms. The Morgan fingerprint density at radius 2 is 1.27 bits per heavy atom. The summed E-state index contributed by atoms with van der Waals surface area (Å²) in [7, 11) is 0. The monoisotopic (exact) mass is 588 g/mol. The molecule has 6 rings (SSSR count). The first-order valence-corrected chi connectivity index (χ1v) is 14.4. The van der Waals surface area contributed by atoms with Crippen molar-refractivity contribution >= 4 is 28.0 Å². The predicted molar refractivity (Wildman–Crippen MR) is 167 cm³/mol. The zero-order valence-corrected chi connectivity index (χ0v) is 24.7. The van der Waals surface area contributed by atoms with Gasteiger partial charge in [0.25, 0.3) is 0 Å². The van der Waals surface area contributed by atoms with E-state index in [0.717, 1.165) is 11.1 Å². The normalized spacial score (nSPS) is 11.5. The Morgan fingerprint density at radius 1 is 0.795 bits per heavy atom. The van der Waals surface area contributed by atoms with Crippen molar-refractivity contribution in [1.82, 2.24) is 30.0 Å². The molecule has 0 aliphatic heterocycles. The zero-order valence-electron chi connectivity index (χ0n) is 24.7. The molecule has 0 spiro atoms. The van der Waals surface area contributed by atoms with E-state index in [2.05, 4.69) is 40.8 Å². The van der Waals surface area contributed by atoms with E-state index >= 15 is 0 Å². The molecule has 0 aliphatic rings. The summed E-state index contributed by atoms with van der Waals surface area (Å²) < 4.78 is 5.34. The van der Waals surface area contributed by atoms with Crippen molar-refractivity contribution in [2.24, 2.45) is 0 Å². The minimum Gasteiger partial charge on any atom is -0.505 e. The smallest absolute Gasteiger partial charge is 0.333 e. The molecule has 2 N–H and O–H groups in total. The lowest BCUT2D eigenvalue weighted by Crippen LogP contribution is -2.09. The van der Waals surface area contributed by atoms with Crippen molar-refractivity contribution in [3.63, 3.8) is 0 Å². The molecule has 0 aliphatic carbocycles. The van der Waals surface area contributed by atoms with E-state index < -0.39 is 5.97 Å². The number of rotatable bonds is 9. The standard InChI is InChI=1S/C34H32N6O4/c1-20(2)23-17-25(33(42)31(19-23)40-37-28-11-7-8-12-29(28)38-40)18-24-15-22(13-14-44-34(43)21(3)4)16-30(32(24)41)39-35-26-9-5-6-10-27(26)36-39/h5-12,15-17,19-20,41-42H,3,13-14,18H2,1-2,4H3. The maximum Gasteiger partial charge on any atom is 0.333 e. The largest absolute Gasteiger partial charge is 0.505 e. The number of phenols is 2. The number of aromatic hydroxyl groups is 2. The highest BCUT2D eigenvalue weighted by molar-refractivity contribution is 5.86. The summed E-state index contributed by atoms with van der Waals surface area (Å²) in [5.41, 5.74) is 6.85. The lowest BCUT2D eigenvalue weighted by Gasteiger charge is -2.17. The third kappa shape index (κ3) is 5.61. The lowest BCUT2D eigenvalue weighted by atomic mass is 9.94. The summed E-state index contributed by atoms with van der Waals surface area (Å²) in [6, 6.07) is 22.4. The van der Waals surface area contributed by atoms with Gasteiger partial charge < -0.3 is 14.9 Å². The molecule has 222 valence electrons. The molecule has 6 aromatic rings. The van der Waals surface area contributed by atoms with Gasteiger partial charge >= 0.3 is 5.97 Å². The fourth-order valence-electron chi connectivity index (χ4n) is 5.02. The number of carbonyl (C=O) groups is 1. The molecule has 2 aromatic heterocycles. The van der Waals surface area contributed by atoms with E-state index in [9.17, 15) is 15.0 Å². The molecule has 0 amide bonds. The zero-order chi connectivity index (χ0) is 31.0. The van der Waals surface area contributed by atoms with Crippen LogP contribution in [0.5, 0.6) is 11.5 Å². The second-order valence-corrected chi connectivity index (χ2v) is 11.1. The Bertz CT molecular complexity index is 1980. The van der Waals surface area contributed by atoms with Gasteiger partial charge in [-0.05, 0) is 60.4 Å². The van der Waals surface area contributed by atoms with Gasteiger partial charge in [-0.15, -0.1) is 30.0 Å². The van der Waals surface area contributed by atoms with Gasteiger partial charge in [0.1, 0.15) is 44.9 Å². The third-order valence-corrected chi connectivity index (χ3v) is 7.44. The number of carbonyl (C=O) groups excluding carboxylic acids is 1. The van der Waals surface area contributed by atoms with Crippen LogP contribution in [0.2, 0.25) is 0 Å². The second kappa shape index (κ2) is 11.6. The van der Waals surface area contributed by atoms with Crippen molar-refractivity contribution in [3.8, 4) is 22.9 Å². The number of fused-ring (bicyclic) bond motifs is 2.